The molecule has 126 valence electrons. The maximum Gasteiger partial charge on any atom is 0.261 e. The SMILES string of the molecule is C[C@@H](Oc1ccccc1Cl)C(=O)N[C@H](Cc1ccccc1)C(N)=O. The Kier molecular flexibility index (Phi) is 6.21. The smallest absolute Gasteiger partial charge is 0.261 e. The van der Waals surface area contributed by atoms with Crippen molar-refractivity contribution in [3.63, 3.8) is 0 Å². The van der Waals surface area contributed by atoms with Gasteiger partial charge in [0.15, 0.2) is 6.10 Å². The molecule has 6 heteroatoms. The number of halogens is 1. The van der Waals surface area contributed by atoms with Gasteiger partial charge in [0.1, 0.15) is 11.8 Å². The molecule has 0 bridgehead atoms. The molecule has 0 aliphatic carbocycles. The molecule has 0 saturated carbocycles. The molecule has 3 N–H and O–H groups in total. The Balaban J connectivity index is 1.99. The number of para-hydroxylation sites is 1. The molecule has 2 amide bonds. The monoisotopic (exact) mass is 346 g/mol. The van der Waals surface area contributed by atoms with Crippen LogP contribution in [0.4, 0.5) is 0 Å². The van der Waals surface area contributed by atoms with Gasteiger partial charge in [-0.3, -0.25) is 9.59 Å². The van der Waals surface area contributed by atoms with Crippen LogP contribution in [0.1, 0.15) is 12.5 Å². The zero-order valence-corrected chi connectivity index (χ0v) is 14.0. The van der Waals surface area contributed by atoms with Crippen molar-refractivity contribution in [3.05, 3.63) is 65.2 Å². The first kappa shape index (κ1) is 17.8. The Bertz CT molecular complexity index is 706. The third-order valence-electron chi connectivity index (χ3n) is 3.45. The summed E-state index contributed by atoms with van der Waals surface area (Å²) in [6.07, 6.45) is -0.497. The second kappa shape index (κ2) is 8.36. The number of amides is 2. The van der Waals surface area contributed by atoms with Gasteiger partial charge in [-0.15, -0.1) is 0 Å². The molecule has 2 aromatic carbocycles. The highest BCUT2D eigenvalue weighted by Crippen LogP contribution is 2.24. The predicted molar refractivity (Wildman–Crippen MR) is 92.8 cm³/mol. The van der Waals surface area contributed by atoms with E-state index in [4.69, 9.17) is 22.1 Å². The number of benzene rings is 2. The molecule has 0 spiro atoms. The van der Waals surface area contributed by atoms with Gasteiger partial charge in [-0.2, -0.15) is 0 Å². The first-order valence-corrected chi connectivity index (χ1v) is 7.90. The molecule has 24 heavy (non-hydrogen) atoms. The summed E-state index contributed by atoms with van der Waals surface area (Å²) in [6.45, 7) is 1.58. The van der Waals surface area contributed by atoms with Crippen LogP contribution in [0.5, 0.6) is 5.75 Å². The molecular weight excluding hydrogens is 328 g/mol. The number of carbonyl (C=O) groups is 2. The summed E-state index contributed by atoms with van der Waals surface area (Å²) in [4.78, 5) is 23.9. The van der Waals surface area contributed by atoms with Gasteiger partial charge >= 0.3 is 0 Å². The number of hydrogen-bond donors (Lipinski definition) is 2. The molecule has 2 aromatic rings. The van der Waals surface area contributed by atoms with Gasteiger partial charge < -0.3 is 15.8 Å². The normalized spacial score (nSPS) is 12.9. The first-order chi connectivity index (χ1) is 11.5. The summed E-state index contributed by atoms with van der Waals surface area (Å²) in [5.41, 5.74) is 6.30. The average molecular weight is 347 g/mol. The van der Waals surface area contributed by atoms with E-state index in [1.807, 2.05) is 30.3 Å². The van der Waals surface area contributed by atoms with Crippen LogP contribution < -0.4 is 15.8 Å². The summed E-state index contributed by atoms with van der Waals surface area (Å²) >= 11 is 6.01. The third-order valence-corrected chi connectivity index (χ3v) is 3.76. The van der Waals surface area contributed by atoms with Crippen molar-refractivity contribution in [2.45, 2.75) is 25.5 Å². The Hall–Kier alpha value is -2.53. The molecule has 0 aliphatic heterocycles. The summed E-state index contributed by atoms with van der Waals surface area (Å²) in [7, 11) is 0. The van der Waals surface area contributed by atoms with E-state index in [1.165, 1.54) is 0 Å². The van der Waals surface area contributed by atoms with Crippen LogP contribution in [-0.2, 0) is 16.0 Å². The molecule has 2 rings (SSSR count). The van der Waals surface area contributed by atoms with Crippen molar-refractivity contribution in [3.8, 4) is 5.75 Å². The highest BCUT2D eigenvalue weighted by atomic mass is 35.5. The molecule has 2 atom stereocenters. The molecule has 0 aromatic heterocycles. The van der Waals surface area contributed by atoms with Gasteiger partial charge in [0, 0.05) is 6.42 Å². The lowest BCUT2D eigenvalue weighted by atomic mass is 10.1. The minimum Gasteiger partial charge on any atom is -0.479 e. The molecule has 0 saturated heterocycles. The van der Waals surface area contributed by atoms with Gasteiger partial charge in [0.2, 0.25) is 5.91 Å². The van der Waals surface area contributed by atoms with E-state index in [9.17, 15) is 9.59 Å². The van der Waals surface area contributed by atoms with E-state index < -0.39 is 24.0 Å². The van der Waals surface area contributed by atoms with E-state index in [0.717, 1.165) is 5.56 Å². The average Bonchev–Trinajstić information content (AvgIpc) is 2.57. The topological polar surface area (TPSA) is 81.4 Å². The van der Waals surface area contributed by atoms with E-state index in [-0.39, 0.29) is 0 Å². The van der Waals surface area contributed by atoms with Crippen LogP contribution in [0.3, 0.4) is 0 Å². The quantitative estimate of drug-likeness (QED) is 0.807. The van der Waals surface area contributed by atoms with Crippen molar-refractivity contribution in [1.82, 2.24) is 5.32 Å². The van der Waals surface area contributed by atoms with Crippen molar-refractivity contribution >= 4 is 23.4 Å². The number of nitrogens with one attached hydrogen (secondary N) is 1. The largest absolute Gasteiger partial charge is 0.479 e. The maximum absolute atomic E-state index is 12.3. The second-order valence-electron chi connectivity index (χ2n) is 5.34. The molecule has 0 aliphatic rings. The number of primary amides is 1. The van der Waals surface area contributed by atoms with Crippen LogP contribution in [0.25, 0.3) is 0 Å². The number of carbonyl (C=O) groups excluding carboxylic acids is 2. The minimum atomic E-state index is -0.817. The lowest BCUT2D eigenvalue weighted by Gasteiger charge is -2.20. The highest BCUT2D eigenvalue weighted by Gasteiger charge is 2.23. The summed E-state index contributed by atoms with van der Waals surface area (Å²) in [6, 6.07) is 15.4. The minimum absolute atomic E-state index is 0.320. The van der Waals surface area contributed by atoms with Crippen LogP contribution in [0.15, 0.2) is 54.6 Å². The highest BCUT2D eigenvalue weighted by molar-refractivity contribution is 6.32. The third kappa shape index (κ3) is 4.99. The summed E-state index contributed by atoms with van der Waals surface area (Å²) in [5, 5.41) is 3.03. The van der Waals surface area contributed by atoms with Crippen LogP contribution in [0.2, 0.25) is 5.02 Å². The number of hydrogen-bond acceptors (Lipinski definition) is 3. The lowest BCUT2D eigenvalue weighted by molar-refractivity contribution is -0.131. The summed E-state index contributed by atoms with van der Waals surface area (Å²) in [5.74, 6) is -0.632. The Morgan fingerprint density at radius 3 is 2.38 bits per heavy atom. The van der Waals surface area contributed by atoms with E-state index in [2.05, 4.69) is 5.32 Å². The van der Waals surface area contributed by atoms with Crippen LogP contribution in [-0.4, -0.2) is 24.0 Å². The van der Waals surface area contributed by atoms with E-state index in [1.54, 1.807) is 31.2 Å². The summed E-state index contributed by atoms with van der Waals surface area (Å²) < 4.78 is 5.54. The number of ether oxygens (including phenoxy) is 1. The fraction of sp³-hybridized carbons (Fsp3) is 0.222. The van der Waals surface area contributed by atoms with Gasteiger partial charge in [-0.1, -0.05) is 54.1 Å². The van der Waals surface area contributed by atoms with Crippen LogP contribution in [0, 0.1) is 0 Å². The van der Waals surface area contributed by atoms with E-state index >= 15 is 0 Å². The molecule has 0 heterocycles. The van der Waals surface area contributed by atoms with Gasteiger partial charge in [-0.25, -0.2) is 0 Å². The fourth-order valence-electron chi connectivity index (χ4n) is 2.15. The van der Waals surface area contributed by atoms with Gasteiger partial charge in [-0.05, 0) is 24.6 Å². The van der Waals surface area contributed by atoms with Crippen molar-refractivity contribution in [2.24, 2.45) is 5.73 Å². The zero-order valence-electron chi connectivity index (χ0n) is 13.2. The van der Waals surface area contributed by atoms with Crippen molar-refractivity contribution in [1.29, 1.82) is 0 Å². The predicted octanol–water partition coefficient (Wildman–Crippen LogP) is 2.32. The second-order valence-corrected chi connectivity index (χ2v) is 5.75. The molecule has 0 unspecified atom stereocenters. The standard InChI is InChI=1S/C18H19ClN2O3/c1-12(24-16-10-6-5-9-14(16)19)18(23)21-15(17(20)22)11-13-7-3-2-4-8-13/h2-10,12,15H,11H2,1H3,(H2,20,22)(H,21,23)/t12-,15-/m1/s1. The number of rotatable bonds is 7. The van der Waals surface area contributed by atoms with Crippen molar-refractivity contribution < 1.29 is 14.3 Å². The molecule has 5 nitrogen and oxygen atoms in total. The first-order valence-electron chi connectivity index (χ1n) is 7.52. The molecule has 0 fully saturated rings. The van der Waals surface area contributed by atoms with Gasteiger partial charge in [0.05, 0.1) is 5.02 Å². The number of nitrogens with two attached hydrogens (primary N) is 1. The van der Waals surface area contributed by atoms with Crippen molar-refractivity contribution in [2.75, 3.05) is 0 Å². The lowest BCUT2D eigenvalue weighted by Crippen LogP contribution is -2.49. The van der Waals surface area contributed by atoms with Gasteiger partial charge in [0.25, 0.3) is 5.91 Å². The maximum atomic E-state index is 12.3. The molecular formula is C18H19ClN2O3. The van der Waals surface area contributed by atoms with Crippen LogP contribution >= 0.6 is 11.6 Å². The molecule has 0 radical (unpaired) electrons. The Morgan fingerprint density at radius 1 is 1.12 bits per heavy atom. The zero-order chi connectivity index (χ0) is 17.5. The Morgan fingerprint density at radius 2 is 1.75 bits per heavy atom. The van der Waals surface area contributed by atoms with E-state index in [0.29, 0.717) is 17.2 Å². The fourth-order valence-corrected chi connectivity index (χ4v) is 2.33. The Labute approximate surface area is 145 Å².